The number of nitrogens with one attached hydrogen (secondary N) is 1. The molecule has 1 aromatic heterocycles. The second-order valence-electron chi connectivity index (χ2n) is 4.66. The van der Waals surface area contributed by atoms with Crippen molar-refractivity contribution in [3.8, 4) is 0 Å². The summed E-state index contributed by atoms with van der Waals surface area (Å²) < 4.78 is 1.53. The van der Waals surface area contributed by atoms with Crippen LogP contribution in [0.1, 0.15) is 5.82 Å². The van der Waals surface area contributed by atoms with Gasteiger partial charge in [0.1, 0.15) is 12.4 Å². The highest BCUT2D eigenvalue weighted by Gasteiger charge is 2.15. The van der Waals surface area contributed by atoms with Crippen LogP contribution in [-0.2, 0) is 16.1 Å². The van der Waals surface area contributed by atoms with Gasteiger partial charge in [0.25, 0.3) is 0 Å². The average Bonchev–Trinajstić information content (AvgIpc) is 2.81. The van der Waals surface area contributed by atoms with Crippen LogP contribution < -0.4 is 11.1 Å². The summed E-state index contributed by atoms with van der Waals surface area (Å²) >= 11 is 19.0. The number of primary amides is 1. The molecule has 0 radical (unpaired) electrons. The standard InChI is InChI=1S/C13H12Cl3N5O2S/c1-6-19-20-13(21(6)4-10(17)22)24-5-11(23)18-12-8(15)2-7(14)3-9(12)16/h2-3H,4-5H2,1H3,(H2,17,22)(H,18,23). The van der Waals surface area contributed by atoms with Gasteiger partial charge < -0.3 is 11.1 Å². The molecular formula is C13H12Cl3N5O2S. The first kappa shape index (κ1) is 18.9. The number of carbonyl (C=O) groups is 2. The Morgan fingerprint density at radius 2 is 1.88 bits per heavy atom. The van der Waals surface area contributed by atoms with E-state index in [0.29, 0.717) is 16.0 Å². The first-order chi connectivity index (χ1) is 11.3. The molecule has 0 aliphatic rings. The number of carbonyl (C=O) groups excluding carboxylic acids is 2. The number of anilines is 1. The fourth-order valence-corrected chi connectivity index (χ4v) is 3.47. The third-order valence-corrected chi connectivity index (χ3v) is 4.60. The molecule has 0 unspecified atom stereocenters. The number of nitrogens with two attached hydrogens (primary N) is 1. The van der Waals surface area contributed by atoms with Crippen molar-refractivity contribution in [2.75, 3.05) is 11.1 Å². The van der Waals surface area contributed by atoms with Crippen LogP contribution in [0.25, 0.3) is 0 Å². The van der Waals surface area contributed by atoms with Crippen molar-refractivity contribution in [1.29, 1.82) is 0 Å². The van der Waals surface area contributed by atoms with E-state index in [1.165, 1.54) is 16.7 Å². The molecule has 128 valence electrons. The van der Waals surface area contributed by atoms with Gasteiger partial charge in [-0.2, -0.15) is 0 Å². The van der Waals surface area contributed by atoms with E-state index in [1.54, 1.807) is 6.92 Å². The van der Waals surface area contributed by atoms with E-state index in [0.717, 1.165) is 11.8 Å². The number of rotatable bonds is 6. The zero-order valence-electron chi connectivity index (χ0n) is 12.3. The molecule has 2 rings (SSSR count). The molecule has 0 aliphatic carbocycles. The minimum absolute atomic E-state index is 0.0200. The predicted octanol–water partition coefficient (Wildman–Crippen LogP) is 2.76. The van der Waals surface area contributed by atoms with Gasteiger partial charge in [0.05, 0.1) is 21.5 Å². The van der Waals surface area contributed by atoms with Gasteiger partial charge in [-0.05, 0) is 19.1 Å². The molecule has 11 heteroatoms. The molecule has 1 heterocycles. The Bertz CT molecular complexity index is 773. The summed E-state index contributed by atoms with van der Waals surface area (Å²) in [4.78, 5) is 23.2. The number of benzene rings is 1. The maximum Gasteiger partial charge on any atom is 0.237 e. The van der Waals surface area contributed by atoms with E-state index >= 15 is 0 Å². The van der Waals surface area contributed by atoms with Gasteiger partial charge in [-0.1, -0.05) is 46.6 Å². The number of aryl methyl sites for hydroxylation is 1. The first-order valence-corrected chi connectivity index (χ1v) is 8.65. The fraction of sp³-hybridized carbons (Fsp3) is 0.231. The van der Waals surface area contributed by atoms with Gasteiger partial charge in [0.15, 0.2) is 5.16 Å². The third kappa shape index (κ3) is 4.76. The molecule has 0 spiro atoms. The van der Waals surface area contributed by atoms with Crippen molar-refractivity contribution in [3.05, 3.63) is 33.0 Å². The summed E-state index contributed by atoms with van der Waals surface area (Å²) in [6.07, 6.45) is 0. The predicted molar refractivity (Wildman–Crippen MR) is 94.8 cm³/mol. The molecule has 0 saturated heterocycles. The minimum atomic E-state index is -0.524. The highest BCUT2D eigenvalue weighted by molar-refractivity contribution is 7.99. The SMILES string of the molecule is Cc1nnc(SCC(=O)Nc2c(Cl)cc(Cl)cc2Cl)n1CC(N)=O. The van der Waals surface area contributed by atoms with E-state index in [2.05, 4.69) is 15.5 Å². The number of hydrogen-bond donors (Lipinski definition) is 2. The lowest BCUT2D eigenvalue weighted by molar-refractivity contribution is -0.118. The van der Waals surface area contributed by atoms with Gasteiger partial charge in [-0.25, -0.2) is 0 Å². The van der Waals surface area contributed by atoms with E-state index in [9.17, 15) is 9.59 Å². The summed E-state index contributed by atoms with van der Waals surface area (Å²) in [5.41, 5.74) is 5.46. The van der Waals surface area contributed by atoms with Crippen LogP contribution in [0.5, 0.6) is 0 Å². The molecule has 0 bridgehead atoms. The molecule has 24 heavy (non-hydrogen) atoms. The van der Waals surface area contributed by atoms with E-state index in [-0.39, 0.29) is 33.9 Å². The Labute approximate surface area is 156 Å². The highest BCUT2D eigenvalue weighted by Crippen LogP contribution is 2.33. The Morgan fingerprint density at radius 1 is 1.25 bits per heavy atom. The smallest absolute Gasteiger partial charge is 0.237 e. The largest absolute Gasteiger partial charge is 0.368 e. The Balaban J connectivity index is 2.03. The number of nitrogens with zero attached hydrogens (tertiary/aromatic N) is 3. The van der Waals surface area contributed by atoms with Crippen molar-refractivity contribution < 1.29 is 9.59 Å². The molecule has 0 atom stereocenters. The quantitative estimate of drug-likeness (QED) is 0.715. The van der Waals surface area contributed by atoms with Crippen molar-refractivity contribution in [2.45, 2.75) is 18.6 Å². The van der Waals surface area contributed by atoms with Gasteiger partial charge in [-0.15, -0.1) is 10.2 Å². The second-order valence-corrected chi connectivity index (χ2v) is 6.86. The maximum absolute atomic E-state index is 12.1. The average molecular weight is 409 g/mol. The van der Waals surface area contributed by atoms with E-state index in [1.807, 2.05) is 0 Å². The van der Waals surface area contributed by atoms with Crippen LogP contribution in [0.4, 0.5) is 5.69 Å². The van der Waals surface area contributed by atoms with Gasteiger partial charge >= 0.3 is 0 Å². The molecule has 1 aromatic carbocycles. The van der Waals surface area contributed by atoms with E-state index < -0.39 is 5.91 Å². The third-order valence-electron chi connectivity index (χ3n) is 2.82. The maximum atomic E-state index is 12.1. The Kier molecular flexibility index (Phi) is 6.34. The molecule has 3 N–H and O–H groups in total. The lowest BCUT2D eigenvalue weighted by atomic mass is 10.3. The van der Waals surface area contributed by atoms with Crippen LogP contribution in [0.2, 0.25) is 15.1 Å². The summed E-state index contributed by atoms with van der Waals surface area (Å²) in [5.74, 6) is -0.326. The number of amides is 2. The number of halogens is 3. The van der Waals surface area contributed by atoms with Crippen molar-refractivity contribution >= 4 is 64.1 Å². The van der Waals surface area contributed by atoms with Gasteiger partial charge in [0, 0.05) is 5.02 Å². The molecule has 2 amide bonds. The monoisotopic (exact) mass is 407 g/mol. The normalized spacial score (nSPS) is 10.7. The summed E-state index contributed by atoms with van der Waals surface area (Å²) in [6, 6.07) is 2.95. The van der Waals surface area contributed by atoms with Crippen LogP contribution in [0, 0.1) is 6.92 Å². The summed E-state index contributed by atoms with van der Waals surface area (Å²) in [7, 11) is 0. The number of thioether (sulfide) groups is 1. The first-order valence-electron chi connectivity index (χ1n) is 6.53. The van der Waals surface area contributed by atoms with Crippen LogP contribution in [0.15, 0.2) is 17.3 Å². The number of aromatic nitrogens is 3. The molecular weight excluding hydrogens is 397 g/mol. The lowest BCUT2D eigenvalue weighted by Crippen LogP contribution is -2.20. The van der Waals surface area contributed by atoms with Crippen LogP contribution in [0.3, 0.4) is 0 Å². The van der Waals surface area contributed by atoms with Crippen molar-refractivity contribution in [2.24, 2.45) is 5.73 Å². The van der Waals surface area contributed by atoms with Crippen LogP contribution >= 0.6 is 46.6 Å². The molecule has 0 saturated carbocycles. The zero-order valence-corrected chi connectivity index (χ0v) is 15.4. The topological polar surface area (TPSA) is 103 Å². The summed E-state index contributed by atoms with van der Waals surface area (Å²) in [6.45, 7) is 1.63. The molecule has 0 aliphatic heterocycles. The fourth-order valence-electron chi connectivity index (χ4n) is 1.77. The van der Waals surface area contributed by atoms with E-state index in [4.69, 9.17) is 40.5 Å². The van der Waals surface area contributed by atoms with Crippen molar-refractivity contribution in [3.63, 3.8) is 0 Å². The Morgan fingerprint density at radius 3 is 2.46 bits per heavy atom. The molecule has 0 fully saturated rings. The van der Waals surface area contributed by atoms with Gasteiger partial charge in [-0.3, -0.25) is 14.2 Å². The second kappa shape index (κ2) is 8.06. The zero-order chi connectivity index (χ0) is 17.9. The van der Waals surface area contributed by atoms with Crippen LogP contribution in [-0.4, -0.2) is 32.3 Å². The Hall–Kier alpha value is -1.48. The summed E-state index contributed by atoms with van der Waals surface area (Å²) in [5, 5.41) is 11.6. The molecule has 2 aromatic rings. The van der Waals surface area contributed by atoms with Gasteiger partial charge in [0.2, 0.25) is 11.8 Å². The highest BCUT2D eigenvalue weighted by atomic mass is 35.5. The van der Waals surface area contributed by atoms with Crippen molar-refractivity contribution in [1.82, 2.24) is 14.8 Å². The number of hydrogen-bond acceptors (Lipinski definition) is 5. The molecule has 7 nitrogen and oxygen atoms in total. The minimum Gasteiger partial charge on any atom is -0.368 e. The lowest BCUT2D eigenvalue weighted by Gasteiger charge is -2.10.